The number of carbonyl (C=O) groups is 2. The zero-order chi connectivity index (χ0) is 11.0. The Labute approximate surface area is 86.3 Å². The molecule has 0 spiro atoms. The highest BCUT2D eigenvalue weighted by molar-refractivity contribution is 5.69. The third kappa shape index (κ3) is 1.87. The molecule has 2 rings (SSSR count). The molecule has 0 amide bonds. The van der Waals surface area contributed by atoms with Crippen molar-refractivity contribution in [2.45, 2.75) is 25.0 Å². The molecule has 0 radical (unpaired) electrons. The second kappa shape index (κ2) is 3.66. The lowest BCUT2D eigenvalue weighted by molar-refractivity contribution is -0.141. The van der Waals surface area contributed by atoms with Gasteiger partial charge in [0.05, 0.1) is 25.0 Å². The van der Waals surface area contributed by atoms with E-state index < -0.39 is 11.9 Å². The van der Waals surface area contributed by atoms with Crippen molar-refractivity contribution in [3.8, 4) is 0 Å². The van der Waals surface area contributed by atoms with Crippen LogP contribution in [-0.2, 0) is 14.3 Å². The first-order valence-corrected chi connectivity index (χ1v) is 4.85. The van der Waals surface area contributed by atoms with Crippen LogP contribution in [-0.4, -0.2) is 34.4 Å². The fourth-order valence-electron chi connectivity index (χ4n) is 2.40. The highest BCUT2D eigenvalue weighted by Crippen LogP contribution is 2.42. The third-order valence-corrected chi connectivity index (χ3v) is 3.02. The first kappa shape index (κ1) is 10.2. The van der Waals surface area contributed by atoms with Gasteiger partial charge in [-0.05, 0) is 0 Å². The molecule has 1 fully saturated rings. The summed E-state index contributed by atoms with van der Waals surface area (Å²) in [6.07, 6.45) is 3.19. The molecular formula is C10H12O5. The molecule has 4 atom stereocenters. The van der Waals surface area contributed by atoms with Crippen LogP contribution in [0.3, 0.4) is 0 Å². The molecule has 0 aromatic carbocycles. The van der Waals surface area contributed by atoms with E-state index in [1.54, 1.807) is 0 Å². The van der Waals surface area contributed by atoms with Crippen LogP contribution in [0, 0.1) is 11.8 Å². The van der Waals surface area contributed by atoms with Gasteiger partial charge in [-0.25, -0.2) is 0 Å². The molecule has 5 heteroatoms. The van der Waals surface area contributed by atoms with Crippen LogP contribution < -0.4 is 0 Å². The van der Waals surface area contributed by atoms with Crippen LogP contribution in [0.25, 0.3) is 0 Å². The van der Waals surface area contributed by atoms with Gasteiger partial charge in [-0.15, -0.1) is 0 Å². The van der Waals surface area contributed by atoms with Gasteiger partial charge < -0.3 is 14.9 Å². The van der Waals surface area contributed by atoms with E-state index in [1.165, 1.54) is 0 Å². The fourth-order valence-corrected chi connectivity index (χ4v) is 2.40. The average molecular weight is 212 g/mol. The first-order valence-electron chi connectivity index (χ1n) is 4.85. The van der Waals surface area contributed by atoms with Crippen molar-refractivity contribution in [2.75, 3.05) is 0 Å². The molecule has 2 bridgehead atoms. The zero-order valence-corrected chi connectivity index (χ0v) is 8.00. The standard InChI is InChI=1S/C10H12O5/c11-9(12)3-5-6(4-10(13)14)8-2-1-7(5)15-8/h1-2,5-8H,3-4H2,(H,11,12)(H,13,14)/t5-,6-,7-,8+/m0/s1. The van der Waals surface area contributed by atoms with Crippen LogP contribution in [0.15, 0.2) is 12.2 Å². The van der Waals surface area contributed by atoms with E-state index >= 15 is 0 Å². The minimum atomic E-state index is -0.903. The third-order valence-electron chi connectivity index (χ3n) is 3.02. The van der Waals surface area contributed by atoms with Crippen molar-refractivity contribution in [1.82, 2.24) is 0 Å². The summed E-state index contributed by atoms with van der Waals surface area (Å²) in [5.74, 6) is -2.21. The van der Waals surface area contributed by atoms with Gasteiger partial charge >= 0.3 is 11.9 Å². The highest BCUT2D eigenvalue weighted by atomic mass is 16.5. The van der Waals surface area contributed by atoms with Gasteiger partial charge in [0, 0.05) is 11.8 Å². The molecule has 2 N–H and O–H groups in total. The van der Waals surface area contributed by atoms with E-state index in [4.69, 9.17) is 14.9 Å². The molecule has 0 aromatic heterocycles. The predicted molar refractivity (Wildman–Crippen MR) is 49.3 cm³/mol. The van der Waals surface area contributed by atoms with E-state index in [-0.39, 0.29) is 36.9 Å². The van der Waals surface area contributed by atoms with Gasteiger partial charge in [0.25, 0.3) is 0 Å². The number of carboxylic acid groups (broad SMARTS) is 2. The molecule has 0 unspecified atom stereocenters. The molecule has 1 saturated heterocycles. The summed E-state index contributed by atoms with van der Waals surface area (Å²) < 4.78 is 5.46. The number of carboxylic acids is 2. The Morgan fingerprint density at radius 1 is 1.00 bits per heavy atom. The summed E-state index contributed by atoms with van der Waals surface area (Å²) in [6.45, 7) is 0. The minimum absolute atomic E-state index is 0.0244. The van der Waals surface area contributed by atoms with Gasteiger partial charge in [0.1, 0.15) is 0 Å². The monoisotopic (exact) mass is 212 g/mol. The smallest absolute Gasteiger partial charge is 0.303 e. The number of hydrogen-bond donors (Lipinski definition) is 2. The number of rotatable bonds is 4. The maximum Gasteiger partial charge on any atom is 0.303 e. The normalized spacial score (nSPS) is 37.1. The molecule has 2 heterocycles. The lowest BCUT2D eigenvalue weighted by atomic mass is 9.79. The van der Waals surface area contributed by atoms with Crippen molar-refractivity contribution < 1.29 is 24.5 Å². The number of ether oxygens (including phenoxy) is 1. The van der Waals surface area contributed by atoms with E-state index in [0.29, 0.717) is 0 Å². The topological polar surface area (TPSA) is 83.8 Å². The van der Waals surface area contributed by atoms with Crippen molar-refractivity contribution in [2.24, 2.45) is 11.8 Å². The maximum atomic E-state index is 10.6. The predicted octanol–water partition coefficient (Wildman–Crippen LogP) is 0.505. The molecule has 15 heavy (non-hydrogen) atoms. The summed E-state index contributed by atoms with van der Waals surface area (Å²) >= 11 is 0. The van der Waals surface area contributed by atoms with E-state index in [2.05, 4.69) is 0 Å². The summed E-state index contributed by atoms with van der Waals surface area (Å²) in [6, 6.07) is 0. The first-order chi connectivity index (χ1) is 7.08. The Kier molecular flexibility index (Phi) is 2.48. The quantitative estimate of drug-likeness (QED) is 0.663. The highest BCUT2D eigenvalue weighted by Gasteiger charge is 2.47. The van der Waals surface area contributed by atoms with E-state index in [1.807, 2.05) is 12.2 Å². The average Bonchev–Trinajstić information content (AvgIpc) is 2.67. The van der Waals surface area contributed by atoms with Gasteiger partial charge in [0.2, 0.25) is 0 Å². The van der Waals surface area contributed by atoms with Gasteiger partial charge in [-0.3, -0.25) is 9.59 Å². The Balaban J connectivity index is 2.09. The number of fused-ring (bicyclic) bond motifs is 2. The van der Waals surface area contributed by atoms with Gasteiger partial charge in [-0.2, -0.15) is 0 Å². The zero-order valence-electron chi connectivity index (χ0n) is 8.00. The van der Waals surface area contributed by atoms with Crippen LogP contribution in [0.2, 0.25) is 0 Å². The molecule has 0 aliphatic carbocycles. The summed E-state index contributed by atoms with van der Waals surface area (Å²) in [5, 5.41) is 17.5. The summed E-state index contributed by atoms with van der Waals surface area (Å²) in [5.41, 5.74) is 0. The number of hydrogen-bond acceptors (Lipinski definition) is 3. The minimum Gasteiger partial charge on any atom is -0.481 e. The van der Waals surface area contributed by atoms with Gasteiger partial charge in [-0.1, -0.05) is 12.2 Å². The van der Waals surface area contributed by atoms with Crippen LogP contribution in [0.4, 0.5) is 0 Å². The Bertz CT molecular complexity index is 292. The largest absolute Gasteiger partial charge is 0.481 e. The molecule has 5 nitrogen and oxygen atoms in total. The molecule has 2 aliphatic rings. The Morgan fingerprint density at radius 2 is 1.40 bits per heavy atom. The lowest BCUT2D eigenvalue weighted by Crippen LogP contribution is -2.28. The second-order valence-corrected chi connectivity index (χ2v) is 3.97. The summed E-state index contributed by atoms with van der Waals surface area (Å²) in [4.78, 5) is 21.3. The molecular weight excluding hydrogens is 200 g/mol. The second-order valence-electron chi connectivity index (χ2n) is 3.97. The van der Waals surface area contributed by atoms with Crippen LogP contribution in [0.1, 0.15) is 12.8 Å². The fraction of sp³-hybridized carbons (Fsp3) is 0.600. The SMILES string of the molecule is O=C(O)C[C@H]1[C@H](CC(=O)O)[C@H]2C=C[C@@H]1O2. The maximum absolute atomic E-state index is 10.6. The Hall–Kier alpha value is -1.36. The van der Waals surface area contributed by atoms with Gasteiger partial charge in [0.15, 0.2) is 0 Å². The lowest BCUT2D eigenvalue weighted by Gasteiger charge is -2.21. The van der Waals surface area contributed by atoms with Crippen molar-refractivity contribution in [3.63, 3.8) is 0 Å². The Morgan fingerprint density at radius 3 is 1.73 bits per heavy atom. The number of aliphatic carboxylic acids is 2. The van der Waals surface area contributed by atoms with Crippen molar-refractivity contribution in [1.29, 1.82) is 0 Å². The van der Waals surface area contributed by atoms with E-state index in [0.717, 1.165) is 0 Å². The molecule has 2 aliphatic heterocycles. The molecule has 0 saturated carbocycles. The van der Waals surface area contributed by atoms with Crippen molar-refractivity contribution >= 4 is 11.9 Å². The summed E-state index contributed by atoms with van der Waals surface area (Å²) in [7, 11) is 0. The van der Waals surface area contributed by atoms with E-state index in [9.17, 15) is 9.59 Å². The molecule has 0 aromatic rings. The molecule has 82 valence electrons. The van der Waals surface area contributed by atoms with Crippen LogP contribution in [0.5, 0.6) is 0 Å². The van der Waals surface area contributed by atoms with Crippen LogP contribution >= 0.6 is 0 Å². The van der Waals surface area contributed by atoms with Crippen molar-refractivity contribution in [3.05, 3.63) is 12.2 Å².